The standard InChI is InChI=1S/C14H28N2O3/c1-3-5-14(6-4-7-15-12-14)13(18)16(8-10-17)9-11-19-2/h15,17H,3-12H2,1-2H3. The number of rotatable bonds is 8. The zero-order valence-corrected chi connectivity index (χ0v) is 12.3. The van der Waals surface area contributed by atoms with Crippen molar-refractivity contribution in [3.05, 3.63) is 0 Å². The molecule has 5 heteroatoms. The van der Waals surface area contributed by atoms with Crippen molar-refractivity contribution >= 4 is 5.91 Å². The number of piperidine rings is 1. The van der Waals surface area contributed by atoms with Crippen LogP contribution < -0.4 is 5.32 Å². The molecule has 1 saturated heterocycles. The number of nitrogens with zero attached hydrogens (tertiary/aromatic N) is 1. The molecule has 0 saturated carbocycles. The third-order valence-corrected chi connectivity index (χ3v) is 3.88. The van der Waals surface area contributed by atoms with Gasteiger partial charge >= 0.3 is 0 Å². The first-order valence-corrected chi connectivity index (χ1v) is 7.30. The second-order valence-electron chi connectivity index (χ2n) is 5.32. The molecule has 0 spiro atoms. The molecule has 0 radical (unpaired) electrons. The molecule has 0 bridgehead atoms. The smallest absolute Gasteiger partial charge is 0.230 e. The average molecular weight is 272 g/mol. The van der Waals surface area contributed by atoms with Gasteiger partial charge in [0.2, 0.25) is 5.91 Å². The van der Waals surface area contributed by atoms with Crippen LogP contribution in [0.2, 0.25) is 0 Å². The Hall–Kier alpha value is -0.650. The summed E-state index contributed by atoms with van der Waals surface area (Å²) in [5, 5.41) is 12.5. The molecule has 112 valence electrons. The molecule has 1 amide bonds. The number of aliphatic hydroxyl groups is 1. The highest BCUT2D eigenvalue weighted by Gasteiger charge is 2.40. The van der Waals surface area contributed by atoms with Gasteiger partial charge in [0, 0.05) is 26.7 Å². The van der Waals surface area contributed by atoms with Crippen LogP contribution >= 0.6 is 0 Å². The zero-order valence-electron chi connectivity index (χ0n) is 12.3. The molecule has 1 heterocycles. The number of carbonyl (C=O) groups is 1. The van der Waals surface area contributed by atoms with Gasteiger partial charge in [-0.2, -0.15) is 0 Å². The molecule has 1 aliphatic rings. The summed E-state index contributed by atoms with van der Waals surface area (Å²) in [4.78, 5) is 14.6. The lowest BCUT2D eigenvalue weighted by Crippen LogP contribution is -2.53. The molecular formula is C14H28N2O3. The van der Waals surface area contributed by atoms with E-state index < -0.39 is 0 Å². The molecule has 1 fully saturated rings. The fourth-order valence-corrected chi connectivity index (χ4v) is 2.92. The maximum Gasteiger partial charge on any atom is 0.230 e. The fraction of sp³-hybridized carbons (Fsp3) is 0.929. The molecule has 0 aromatic heterocycles. The van der Waals surface area contributed by atoms with E-state index in [4.69, 9.17) is 9.84 Å². The SMILES string of the molecule is CCCC1(C(=O)N(CCO)CCOC)CCCNC1. The highest BCUT2D eigenvalue weighted by molar-refractivity contribution is 5.83. The topological polar surface area (TPSA) is 61.8 Å². The lowest BCUT2D eigenvalue weighted by Gasteiger charge is -2.40. The van der Waals surface area contributed by atoms with Crippen molar-refractivity contribution < 1.29 is 14.6 Å². The van der Waals surface area contributed by atoms with Crippen LogP contribution in [0.3, 0.4) is 0 Å². The van der Waals surface area contributed by atoms with Crippen LogP contribution in [0.15, 0.2) is 0 Å². The maximum atomic E-state index is 12.8. The Balaban J connectivity index is 2.76. The molecule has 5 nitrogen and oxygen atoms in total. The van der Waals surface area contributed by atoms with Crippen molar-refractivity contribution in [2.24, 2.45) is 5.41 Å². The van der Waals surface area contributed by atoms with Gasteiger partial charge in [-0.3, -0.25) is 4.79 Å². The van der Waals surface area contributed by atoms with Crippen LogP contribution in [0.5, 0.6) is 0 Å². The molecule has 0 aliphatic carbocycles. The minimum absolute atomic E-state index is 0.00505. The molecule has 0 aromatic carbocycles. The first kappa shape index (κ1) is 16.4. The van der Waals surface area contributed by atoms with Gasteiger partial charge < -0.3 is 20.1 Å². The van der Waals surface area contributed by atoms with Crippen molar-refractivity contribution in [1.29, 1.82) is 0 Å². The van der Waals surface area contributed by atoms with Crippen LogP contribution in [0.25, 0.3) is 0 Å². The van der Waals surface area contributed by atoms with Gasteiger partial charge in [0.05, 0.1) is 18.6 Å². The van der Waals surface area contributed by atoms with E-state index in [0.717, 1.165) is 38.8 Å². The van der Waals surface area contributed by atoms with Gasteiger partial charge in [-0.1, -0.05) is 13.3 Å². The van der Waals surface area contributed by atoms with E-state index in [-0.39, 0.29) is 17.9 Å². The van der Waals surface area contributed by atoms with E-state index in [9.17, 15) is 4.79 Å². The van der Waals surface area contributed by atoms with Crippen LogP contribution in [0, 0.1) is 5.41 Å². The van der Waals surface area contributed by atoms with Gasteiger partial charge in [-0.15, -0.1) is 0 Å². The van der Waals surface area contributed by atoms with Crippen LogP contribution in [0.1, 0.15) is 32.6 Å². The molecule has 2 N–H and O–H groups in total. The van der Waals surface area contributed by atoms with E-state index in [1.54, 1.807) is 12.0 Å². The summed E-state index contributed by atoms with van der Waals surface area (Å²) in [5.74, 6) is 0.174. The number of hydrogen-bond donors (Lipinski definition) is 2. The number of nitrogens with one attached hydrogen (secondary N) is 1. The van der Waals surface area contributed by atoms with E-state index in [1.807, 2.05) is 0 Å². The van der Waals surface area contributed by atoms with Gasteiger partial charge in [0.15, 0.2) is 0 Å². The molecule has 1 rings (SSSR count). The summed E-state index contributed by atoms with van der Waals surface area (Å²) in [7, 11) is 1.63. The largest absolute Gasteiger partial charge is 0.395 e. The average Bonchev–Trinajstić information content (AvgIpc) is 2.44. The van der Waals surface area contributed by atoms with Crippen LogP contribution in [0.4, 0.5) is 0 Å². The monoisotopic (exact) mass is 272 g/mol. The normalized spacial score (nSPS) is 23.3. The Labute approximate surface area is 116 Å². The van der Waals surface area contributed by atoms with Crippen molar-refractivity contribution in [3.63, 3.8) is 0 Å². The van der Waals surface area contributed by atoms with Gasteiger partial charge in [-0.05, 0) is 25.8 Å². The highest BCUT2D eigenvalue weighted by atomic mass is 16.5. The highest BCUT2D eigenvalue weighted by Crippen LogP contribution is 2.33. The Morgan fingerprint density at radius 3 is 2.79 bits per heavy atom. The Bertz CT molecular complexity index is 260. The second-order valence-corrected chi connectivity index (χ2v) is 5.32. The number of aliphatic hydroxyl groups excluding tert-OH is 1. The van der Waals surface area contributed by atoms with Crippen molar-refractivity contribution in [2.75, 3.05) is 46.5 Å². The minimum Gasteiger partial charge on any atom is -0.395 e. The molecule has 19 heavy (non-hydrogen) atoms. The van der Waals surface area contributed by atoms with Gasteiger partial charge in [-0.25, -0.2) is 0 Å². The predicted octanol–water partition coefficient (Wildman–Crippen LogP) is 0.624. The lowest BCUT2D eigenvalue weighted by molar-refractivity contribution is -0.145. The maximum absolute atomic E-state index is 12.8. The summed E-state index contributed by atoms with van der Waals surface area (Å²) in [6.45, 7) is 5.35. The predicted molar refractivity (Wildman–Crippen MR) is 75.0 cm³/mol. The number of carbonyl (C=O) groups excluding carboxylic acids is 1. The van der Waals surface area contributed by atoms with E-state index in [1.165, 1.54) is 0 Å². The fourth-order valence-electron chi connectivity index (χ4n) is 2.92. The Morgan fingerprint density at radius 2 is 2.26 bits per heavy atom. The Morgan fingerprint density at radius 1 is 1.47 bits per heavy atom. The van der Waals surface area contributed by atoms with E-state index in [2.05, 4.69) is 12.2 Å². The van der Waals surface area contributed by atoms with Crippen LogP contribution in [-0.2, 0) is 9.53 Å². The van der Waals surface area contributed by atoms with Crippen molar-refractivity contribution in [1.82, 2.24) is 10.2 Å². The second kappa shape index (κ2) is 8.51. The number of hydrogen-bond acceptors (Lipinski definition) is 4. The molecule has 1 atom stereocenters. The minimum atomic E-state index is -0.282. The quantitative estimate of drug-likeness (QED) is 0.680. The molecule has 0 aromatic rings. The zero-order chi connectivity index (χ0) is 14.1. The number of ether oxygens (including phenoxy) is 1. The molecular weight excluding hydrogens is 244 g/mol. The summed E-state index contributed by atoms with van der Waals surface area (Å²) < 4.78 is 5.06. The first-order valence-electron chi connectivity index (χ1n) is 7.30. The summed E-state index contributed by atoms with van der Waals surface area (Å²) >= 11 is 0. The molecule has 1 aliphatic heterocycles. The number of amides is 1. The van der Waals surface area contributed by atoms with Crippen molar-refractivity contribution in [2.45, 2.75) is 32.6 Å². The van der Waals surface area contributed by atoms with Crippen LogP contribution in [-0.4, -0.2) is 62.4 Å². The summed E-state index contributed by atoms with van der Waals surface area (Å²) in [6, 6.07) is 0. The first-order chi connectivity index (χ1) is 9.20. The Kier molecular flexibility index (Phi) is 7.34. The number of methoxy groups -OCH3 is 1. The third kappa shape index (κ3) is 4.44. The lowest BCUT2D eigenvalue weighted by atomic mass is 9.75. The van der Waals surface area contributed by atoms with Gasteiger partial charge in [0.25, 0.3) is 0 Å². The van der Waals surface area contributed by atoms with E-state index >= 15 is 0 Å². The molecule has 1 unspecified atom stereocenters. The van der Waals surface area contributed by atoms with E-state index in [0.29, 0.717) is 19.7 Å². The van der Waals surface area contributed by atoms with Crippen molar-refractivity contribution in [3.8, 4) is 0 Å². The summed E-state index contributed by atoms with van der Waals surface area (Å²) in [5.41, 5.74) is -0.282. The van der Waals surface area contributed by atoms with Gasteiger partial charge in [0.1, 0.15) is 0 Å². The summed E-state index contributed by atoms with van der Waals surface area (Å²) in [6.07, 6.45) is 3.91. The third-order valence-electron chi connectivity index (χ3n) is 3.88.